The molecule has 4 aromatic rings. The number of nitrogens with one attached hydrogen (secondary N) is 1. The molecule has 0 radical (unpaired) electrons. The monoisotopic (exact) mass is 499 g/mol. The summed E-state index contributed by atoms with van der Waals surface area (Å²) in [7, 11) is 0. The number of hydrogen-bond donors (Lipinski definition) is 1. The van der Waals surface area contributed by atoms with E-state index in [4.69, 9.17) is 21.1 Å². The number of halogens is 1. The summed E-state index contributed by atoms with van der Waals surface area (Å²) in [5, 5.41) is 5.99. The van der Waals surface area contributed by atoms with E-state index in [-0.39, 0.29) is 12.3 Å². The lowest BCUT2D eigenvalue weighted by atomic mass is 10.1. The molecule has 0 spiro atoms. The van der Waals surface area contributed by atoms with Gasteiger partial charge < -0.3 is 14.5 Å². The Bertz CT molecular complexity index is 1410. The van der Waals surface area contributed by atoms with Gasteiger partial charge in [-0.3, -0.25) is 4.79 Å². The second-order valence-electron chi connectivity index (χ2n) is 7.65. The number of rotatable bonds is 7. The number of ketones is 1. The van der Waals surface area contributed by atoms with Crippen LogP contribution in [0, 0.1) is 20.8 Å². The van der Waals surface area contributed by atoms with Crippen LogP contribution in [-0.4, -0.2) is 45.7 Å². The quantitative estimate of drug-likeness (QED) is 0.276. The van der Waals surface area contributed by atoms with Gasteiger partial charge in [-0.25, -0.2) is 14.3 Å². The van der Waals surface area contributed by atoms with E-state index in [0.717, 1.165) is 21.6 Å². The highest BCUT2D eigenvalue weighted by Crippen LogP contribution is 2.31. The van der Waals surface area contributed by atoms with Crippen molar-refractivity contribution in [2.45, 2.75) is 27.7 Å². The molecule has 8 nitrogen and oxygen atoms in total. The van der Waals surface area contributed by atoms with Crippen molar-refractivity contribution in [3.8, 4) is 5.69 Å². The van der Waals surface area contributed by atoms with Crippen LogP contribution in [-0.2, 0) is 9.47 Å². The highest BCUT2D eigenvalue weighted by Gasteiger charge is 2.24. The highest BCUT2D eigenvalue weighted by atomic mass is 35.5. The molecular formula is C24H22ClN3O5S. The highest BCUT2D eigenvalue weighted by molar-refractivity contribution is 7.20. The molecule has 3 heterocycles. The lowest BCUT2D eigenvalue weighted by Crippen LogP contribution is -2.15. The van der Waals surface area contributed by atoms with Crippen LogP contribution in [0.3, 0.4) is 0 Å². The molecule has 0 aliphatic carbocycles. The van der Waals surface area contributed by atoms with Crippen molar-refractivity contribution in [2.24, 2.45) is 0 Å². The number of aromatic amines is 1. The maximum absolute atomic E-state index is 12.7. The van der Waals surface area contributed by atoms with E-state index in [1.807, 2.05) is 19.1 Å². The minimum atomic E-state index is -0.608. The maximum Gasteiger partial charge on any atom is 0.348 e. The lowest BCUT2D eigenvalue weighted by Gasteiger charge is -2.04. The van der Waals surface area contributed by atoms with Gasteiger partial charge >= 0.3 is 11.9 Å². The molecule has 0 amide bonds. The molecule has 0 saturated heterocycles. The van der Waals surface area contributed by atoms with E-state index in [1.165, 1.54) is 11.3 Å². The van der Waals surface area contributed by atoms with Gasteiger partial charge in [-0.1, -0.05) is 11.6 Å². The van der Waals surface area contributed by atoms with Crippen LogP contribution in [0.25, 0.3) is 15.9 Å². The number of hydrogen-bond acceptors (Lipinski definition) is 7. The summed E-state index contributed by atoms with van der Waals surface area (Å²) in [6.07, 6.45) is 0. The third-order valence-corrected chi connectivity index (χ3v) is 6.69. The predicted molar refractivity (Wildman–Crippen MR) is 130 cm³/mol. The molecule has 34 heavy (non-hydrogen) atoms. The standard InChI is InChI=1S/C24H22ClN3O5S/c1-5-32-24(31)20-12(2)21(26-14(20)4)18(29)11-33-23(30)19-10-17-13(3)27-28(22(17)34-19)16-8-6-15(25)7-9-16/h6-10,26H,5,11H2,1-4H3. The zero-order valence-corrected chi connectivity index (χ0v) is 20.6. The molecule has 0 fully saturated rings. The second kappa shape index (κ2) is 9.44. The Kier molecular flexibility index (Phi) is 6.58. The predicted octanol–water partition coefficient (Wildman–Crippen LogP) is 5.21. The fraction of sp³-hybridized carbons (Fsp3) is 0.250. The van der Waals surface area contributed by atoms with Gasteiger partial charge in [0.1, 0.15) is 9.71 Å². The van der Waals surface area contributed by atoms with Crippen molar-refractivity contribution in [3.63, 3.8) is 0 Å². The van der Waals surface area contributed by atoms with E-state index in [2.05, 4.69) is 10.1 Å². The smallest absolute Gasteiger partial charge is 0.348 e. The number of esters is 2. The first-order chi connectivity index (χ1) is 16.2. The number of nitrogens with zero attached hydrogens (tertiary/aromatic N) is 2. The molecule has 4 rings (SSSR count). The molecule has 0 unspecified atom stereocenters. The number of fused-ring (bicyclic) bond motifs is 1. The van der Waals surface area contributed by atoms with Crippen molar-refractivity contribution in [3.05, 3.63) is 68.4 Å². The minimum Gasteiger partial charge on any atom is -0.462 e. The first kappa shape index (κ1) is 23.7. The summed E-state index contributed by atoms with van der Waals surface area (Å²) in [4.78, 5) is 41.6. The third kappa shape index (κ3) is 4.36. The van der Waals surface area contributed by atoms with Crippen LogP contribution >= 0.6 is 22.9 Å². The van der Waals surface area contributed by atoms with Crippen molar-refractivity contribution in [1.29, 1.82) is 0 Å². The Hall–Kier alpha value is -3.43. The Morgan fingerprint density at radius 2 is 1.79 bits per heavy atom. The molecule has 0 saturated carbocycles. The Morgan fingerprint density at radius 1 is 1.09 bits per heavy atom. The molecule has 0 atom stereocenters. The number of benzene rings is 1. The van der Waals surface area contributed by atoms with Crippen molar-refractivity contribution >= 4 is 50.9 Å². The van der Waals surface area contributed by atoms with Crippen molar-refractivity contribution < 1.29 is 23.9 Å². The van der Waals surface area contributed by atoms with Gasteiger partial charge in [0.2, 0.25) is 5.78 Å². The first-order valence-electron chi connectivity index (χ1n) is 10.5. The fourth-order valence-corrected chi connectivity index (χ4v) is 4.92. The average molecular weight is 500 g/mol. The molecule has 10 heteroatoms. The van der Waals surface area contributed by atoms with E-state index in [1.54, 1.807) is 43.7 Å². The number of Topliss-reactive ketones (excluding diaryl/α,β-unsaturated/α-hetero) is 1. The molecule has 0 bridgehead atoms. The van der Waals surface area contributed by atoms with E-state index >= 15 is 0 Å². The Morgan fingerprint density at radius 3 is 2.47 bits per heavy atom. The van der Waals surface area contributed by atoms with E-state index in [0.29, 0.717) is 26.7 Å². The van der Waals surface area contributed by atoms with Gasteiger partial charge in [-0.15, -0.1) is 11.3 Å². The molecule has 176 valence electrons. The van der Waals surface area contributed by atoms with Gasteiger partial charge in [-0.2, -0.15) is 5.10 Å². The Balaban J connectivity index is 1.52. The summed E-state index contributed by atoms with van der Waals surface area (Å²) in [6, 6.07) is 8.94. The van der Waals surface area contributed by atoms with Crippen LogP contribution in [0.4, 0.5) is 0 Å². The van der Waals surface area contributed by atoms with Crippen LogP contribution in [0.5, 0.6) is 0 Å². The van der Waals surface area contributed by atoms with Gasteiger partial charge in [0.15, 0.2) is 6.61 Å². The van der Waals surface area contributed by atoms with Crippen molar-refractivity contribution in [1.82, 2.24) is 14.8 Å². The number of ether oxygens (including phenoxy) is 2. The average Bonchev–Trinajstić information content (AvgIpc) is 3.45. The van der Waals surface area contributed by atoms with Gasteiger partial charge in [0, 0.05) is 16.1 Å². The van der Waals surface area contributed by atoms with Gasteiger partial charge in [0.25, 0.3) is 0 Å². The second-order valence-corrected chi connectivity index (χ2v) is 9.11. The maximum atomic E-state index is 12.7. The summed E-state index contributed by atoms with van der Waals surface area (Å²) in [5.74, 6) is -1.54. The third-order valence-electron chi connectivity index (χ3n) is 5.35. The van der Waals surface area contributed by atoms with Gasteiger partial charge in [-0.05, 0) is 63.6 Å². The largest absolute Gasteiger partial charge is 0.462 e. The van der Waals surface area contributed by atoms with Crippen molar-refractivity contribution in [2.75, 3.05) is 13.2 Å². The van der Waals surface area contributed by atoms with E-state index < -0.39 is 24.3 Å². The summed E-state index contributed by atoms with van der Waals surface area (Å²) in [6.45, 7) is 6.68. The topological polar surface area (TPSA) is 103 Å². The van der Waals surface area contributed by atoms with Gasteiger partial charge in [0.05, 0.1) is 29.2 Å². The summed E-state index contributed by atoms with van der Waals surface area (Å²) >= 11 is 7.21. The SMILES string of the molecule is CCOC(=O)c1c(C)[nH]c(C(=O)COC(=O)c2cc3c(C)nn(-c4ccc(Cl)cc4)c3s2)c1C. The lowest BCUT2D eigenvalue weighted by molar-refractivity contribution is 0.0477. The first-order valence-corrected chi connectivity index (χ1v) is 11.7. The molecular weight excluding hydrogens is 478 g/mol. The molecule has 3 aromatic heterocycles. The molecule has 0 aliphatic rings. The van der Waals surface area contributed by atoms with Crippen LogP contribution in [0.15, 0.2) is 30.3 Å². The number of aromatic nitrogens is 3. The number of carbonyl (C=O) groups is 3. The van der Waals surface area contributed by atoms with Crippen LogP contribution < -0.4 is 0 Å². The minimum absolute atomic E-state index is 0.221. The van der Waals surface area contributed by atoms with Crippen LogP contribution in [0.1, 0.15) is 54.4 Å². The molecule has 0 aliphatic heterocycles. The zero-order valence-electron chi connectivity index (χ0n) is 19.0. The molecule has 1 N–H and O–H groups in total. The number of H-pyrrole nitrogens is 1. The van der Waals surface area contributed by atoms with E-state index in [9.17, 15) is 14.4 Å². The normalized spacial score (nSPS) is 11.1. The number of aryl methyl sites for hydroxylation is 2. The fourth-order valence-electron chi connectivity index (χ4n) is 3.72. The Labute approximate surface area is 204 Å². The molecule has 1 aromatic carbocycles. The number of thiophene rings is 1. The van der Waals surface area contributed by atoms with Crippen LogP contribution in [0.2, 0.25) is 5.02 Å². The summed E-state index contributed by atoms with van der Waals surface area (Å²) in [5.41, 5.74) is 3.12. The number of carbonyl (C=O) groups excluding carboxylic acids is 3. The summed E-state index contributed by atoms with van der Waals surface area (Å²) < 4.78 is 12.1. The zero-order chi connectivity index (χ0) is 24.6.